The Balaban J connectivity index is 1.99. The van der Waals surface area contributed by atoms with E-state index in [1.807, 2.05) is 16.8 Å². The summed E-state index contributed by atoms with van der Waals surface area (Å²) in [6.45, 7) is 0.147. The molecule has 5 nitrogen and oxygen atoms in total. The number of aromatic amines is 1. The summed E-state index contributed by atoms with van der Waals surface area (Å²) >= 11 is 1.47. The van der Waals surface area contributed by atoms with Crippen LogP contribution < -0.4 is 4.74 Å². The van der Waals surface area contributed by atoms with E-state index in [0.29, 0.717) is 0 Å². The van der Waals surface area contributed by atoms with Gasteiger partial charge in [-0.25, -0.2) is 0 Å². The van der Waals surface area contributed by atoms with E-state index in [2.05, 4.69) is 15.4 Å². The Morgan fingerprint density at radius 1 is 1.25 bits per heavy atom. The van der Waals surface area contributed by atoms with E-state index in [9.17, 15) is 13.2 Å². The molecule has 9 heteroatoms. The zero-order valence-electron chi connectivity index (χ0n) is 12.0. The predicted octanol–water partition coefficient (Wildman–Crippen LogP) is 4.00. The molecule has 0 atom stereocenters. The van der Waals surface area contributed by atoms with E-state index in [4.69, 9.17) is 10.00 Å². The zero-order chi connectivity index (χ0) is 17.2. The number of halogens is 3. The monoisotopic (exact) mass is 350 g/mol. The van der Waals surface area contributed by atoms with Crippen LogP contribution in [-0.2, 0) is 12.8 Å². The highest BCUT2D eigenvalue weighted by Crippen LogP contribution is 2.35. The van der Waals surface area contributed by atoms with E-state index in [-0.39, 0.29) is 29.3 Å². The van der Waals surface area contributed by atoms with Crippen LogP contribution in [0.25, 0.3) is 11.3 Å². The van der Waals surface area contributed by atoms with Gasteiger partial charge in [-0.05, 0) is 40.6 Å². The first-order chi connectivity index (χ1) is 11.5. The second-order valence-corrected chi connectivity index (χ2v) is 5.58. The number of rotatable bonds is 4. The van der Waals surface area contributed by atoms with Crippen molar-refractivity contribution in [3.8, 4) is 23.1 Å². The van der Waals surface area contributed by atoms with Crippen molar-refractivity contribution in [2.45, 2.75) is 12.8 Å². The van der Waals surface area contributed by atoms with E-state index < -0.39 is 11.7 Å². The lowest BCUT2D eigenvalue weighted by atomic mass is 10.1. The van der Waals surface area contributed by atoms with Gasteiger partial charge in [0.2, 0.25) is 0 Å². The van der Waals surface area contributed by atoms with Gasteiger partial charge in [0.15, 0.2) is 5.69 Å². The number of H-pyrrole nitrogens is 1. The molecular weight excluding hydrogens is 341 g/mol. The molecule has 122 valence electrons. The van der Waals surface area contributed by atoms with E-state index in [0.717, 1.165) is 17.7 Å². The molecular formula is C15H9F3N4OS. The highest BCUT2D eigenvalue weighted by Gasteiger charge is 2.32. The molecule has 0 fully saturated rings. The molecule has 0 saturated carbocycles. The van der Waals surface area contributed by atoms with Crippen LogP contribution >= 0.6 is 11.3 Å². The smallest absolute Gasteiger partial charge is 0.416 e. The number of nitrogens with zero attached hydrogens (tertiary/aromatic N) is 3. The second kappa shape index (κ2) is 6.33. The summed E-state index contributed by atoms with van der Waals surface area (Å²) in [6, 6.07) is 6.84. The van der Waals surface area contributed by atoms with E-state index >= 15 is 0 Å². The van der Waals surface area contributed by atoms with Crippen LogP contribution in [0.3, 0.4) is 0 Å². The van der Waals surface area contributed by atoms with Crippen molar-refractivity contribution in [3.05, 3.63) is 51.8 Å². The summed E-state index contributed by atoms with van der Waals surface area (Å²) < 4.78 is 44.8. The fraction of sp³-hybridized carbons (Fsp3) is 0.133. The Bertz CT molecular complexity index is 881. The number of alkyl halides is 3. The normalized spacial score (nSPS) is 11.2. The first-order valence-electron chi connectivity index (χ1n) is 6.65. The average molecular weight is 350 g/mol. The van der Waals surface area contributed by atoms with Crippen molar-refractivity contribution >= 4 is 11.3 Å². The van der Waals surface area contributed by atoms with Gasteiger partial charge in [-0.15, -0.1) is 5.10 Å². The number of benzene rings is 1. The molecule has 0 saturated heterocycles. The van der Waals surface area contributed by atoms with Crippen LogP contribution in [0, 0.1) is 11.3 Å². The summed E-state index contributed by atoms with van der Waals surface area (Å²) in [5, 5.41) is 22.3. The first kappa shape index (κ1) is 16.0. The van der Waals surface area contributed by atoms with Gasteiger partial charge >= 0.3 is 6.18 Å². The minimum Gasteiger partial charge on any atom is -0.489 e. The topological polar surface area (TPSA) is 74.6 Å². The molecule has 24 heavy (non-hydrogen) atoms. The molecule has 0 bridgehead atoms. The third kappa shape index (κ3) is 3.38. The van der Waals surface area contributed by atoms with Gasteiger partial charge in [-0.1, -0.05) is 0 Å². The van der Waals surface area contributed by atoms with Gasteiger partial charge in [0.1, 0.15) is 24.1 Å². The van der Waals surface area contributed by atoms with E-state index in [1.165, 1.54) is 17.4 Å². The molecule has 0 aliphatic rings. The molecule has 2 heterocycles. The Kier molecular flexibility index (Phi) is 4.22. The van der Waals surface area contributed by atoms with Crippen molar-refractivity contribution in [1.82, 2.24) is 15.4 Å². The Morgan fingerprint density at radius 3 is 2.75 bits per heavy atom. The van der Waals surface area contributed by atoms with Crippen LogP contribution in [0.15, 0.2) is 35.0 Å². The number of nitrogens with one attached hydrogen (secondary N) is 1. The van der Waals surface area contributed by atoms with Crippen molar-refractivity contribution in [3.63, 3.8) is 0 Å². The molecule has 3 rings (SSSR count). The summed E-state index contributed by atoms with van der Waals surface area (Å²) in [4.78, 5) is 0. The molecule has 2 aromatic heterocycles. The number of thiophene rings is 1. The minimum atomic E-state index is -4.55. The van der Waals surface area contributed by atoms with Crippen LogP contribution in [-0.4, -0.2) is 15.4 Å². The highest BCUT2D eigenvalue weighted by atomic mass is 32.1. The quantitative estimate of drug-likeness (QED) is 0.772. The molecule has 3 aromatic rings. The molecule has 0 aliphatic heterocycles. The van der Waals surface area contributed by atoms with Crippen LogP contribution in [0.5, 0.6) is 5.75 Å². The van der Waals surface area contributed by atoms with Gasteiger partial charge in [-0.3, -0.25) is 0 Å². The van der Waals surface area contributed by atoms with Gasteiger partial charge in [0.25, 0.3) is 0 Å². The highest BCUT2D eigenvalue weighted by molar-refractivity contribution is 7.07. The van der Waals surface area contributed by atoms with Crippen molar-refractivity contribution in [2.24, 2.45) is 0 Å². The fourth-order valence-corrected chi connectivity index (χ4v) is 2.69. The van der Waals surface area contributed by atoms with Crippen LogP contribution in [0.1, 0.15) is 16.8 Å². The number of ether oxygens (including phenoxy) is 1. The summed E-state index contributed by atoms with van der Waals surface area (Å²) in [7, 11) is 0. The molecule has 0 spiro atoms. The molecule has 0 aliphatic carbocycles. The average Bonchev–Trinajstić information content (AvgIpc) is 3.23. The molecule has 0 unspecified atom stereocenters. The maximum absolute atomic E-state index is 13.1. The SMILES string of the molecule is N#Cc1n[nH]nc1-c1cc(OCc2ccsc2)cc(C(F)(F)F)c1. The Labute approximate surface area is 138 Å². The predicted molar refractivity (Wildman–Crippen MR) is 80.2 cm³/mol. The maximum atomic E-state index is 13.1. The number of hydrogen-bond donors (Lipinski definition) is 1. The summed E-state index contributed by atoms with van der Waals surface area (Å²) in [5.41, 5.74) is 0.0443. The first-order valence-corrected chi connectivity index (χ1v) is 7.59. The lowest BCUT2D eigenvalue weighted by Gasteiger charge is -2.12. The molecule has 0 amide bonds. The number of hydrogen-bond acceptors (Lipinski definition) is 5. The summed E-state index contributed by atoms with van der Waals surface area (Å²) in [5.74, 6) is 0.0397. The summed E-state index contributed by atoms with van der Waals surface area (Å²) in [6.07, 6.45) is -4.55. The fourth-order valence-electron chi connectivity index (χ4n) is 2.03. The zero-order valence-corrected chi connectivity index (χ0v) is 12.8. The number of aromatic nitrogens is 3. The van der Waals surface area contributed by atoms with Crippen LogP contribution in [0.2, 0.25) is 0 Å². The minimum absolute atomic E-state index is 0.0397. The molecule has 1 N–H and O–H groups in total. The Hall–Kier alpha value is -2.86. The van der Waals surface area contributed by atoms with Gasteiger partial charge < -0.3 is 4.74 Å². The molecule has 0 radical (unpaired) electrons. The largest absolute Gasteiger partial charge is 0.489 e. The van der Waals surface area contributed by atoms with Gasteiger partial charge in [0.05, 0.1) is 5.56 Å². The third-order valence-electron chi connectivity index (χ3n) is 3.15. The second-order valence-electron chi connectivity index (χ2n) is 4.80. The number of nitriles is 1. The van der Waals surface area contributed by atoms with Gasteiger partial charge in [-0.2, -0.15) is 40.1 Å². The van der Waals surface area contributed by atoms with Crippen molar-refractivity contribution in [2.75, 3.05) is 0 Å². The van der Waals surface area contributed by atoms with E-state index in [1.54, 1.807) is 6.07 Å². The lowest BCUT2D eigenvalue weighted by Crippen LogP contribution is -2.06. The van der Waals surface area contributed by atoms with Crippen molar-refractivity contribution in [1.29, 1.82) is 5.26 Å². The van der Waals surface area contributed by atoms with Gasteiger partial charge in [0, 0.05) is 5.56 Å². The molecule has 1 aromatic carbocycles. The standard InChI is InChI=1S/C15H9F3N4OS/c16-15(17,18)11-3-10(14-13(6-19)20-22-21-14)4-12(5-11)23-7-9-1-2-24-8-9/h1-5,8H,7H2,(H,20,21,22). The lowest BCUT2D eigenvalue weighted by molar-refractivity contribution is -0.137. The third-order valence-corrected chi connectivity index (χ3v) is 3.88. The Morgan fingerprint density at radius 2 is 2.08 bits per heavy atom. The maximum Gasteiger partial charge on any atom is 0.416 e. The van der Waals surface area contributed by atoms with Crippen LogP contribution in [0.4, 0.5) is 13.2 Å². The van der Waals surface area contributed by atoms with Crippen molar-refractivity contribution < 1.29 is 17.9 Å².